The second kappa shape index (κ2) is 7.97. The molecule has 0 aromatic rings. The van der Waals surface area contributed by atoms with Crippen LogP contribution in [0.2, 0.25) is 0 Å². The Hall–Kier alpha value is -1.05. The molecule has 1 heterocycles. The molecule has 3 N–H and O–H groups in total. The van der Waals surface area contributed by atoms with Gasteiger partial charge in [-0.2, -0.15) is 0 Å². The fourth-order valence-corrected chi connectivity index (χ4v) is 9.05. The van der Waals surface area contributed by atoms with E-state index in [1.807, 2.05) is 13.0 Å². The molecular weight excluding hydrogens is 444 g/mol. The van der Waals surface area contributed by atoms with E-state index in [0.29, 0.717) is 30.6 Å². The van der Waals surface area contributed by atoms with Gasteiger partial charge in [-0.15, -0.1) is 0 Å². The van der Waals surface area contributed by atoms with E-state index in [1.54, 1.807) is 20.1 Å². The van der Waals surface area contributed by atoms with Crippen molar-refractivity contribution >= 4 is 5.78 Å². The predicted octanol–water partition coefficient (Wildman–Crippen LogP) is 3.92. The number of ether oxygens (including phenoxy) is 2. The van der Waals surface area contributed by atoms with Crippen molar-refractivity contribution in [3.63, 3.8) is 0 Å². The summed E-state index contributed by atoms with van der Waals surface area (Å²) in [6.07, 6.45) is 9.90. The van der Waals surface area contributed by atoms with Crippen molar-refractivity contribution in [2.75, 3.05) is 7.11 Å². The molecule has 5 rings (SSSR count). The Kier molecular flexibility index (Phi) is 5.83. The minimum Gasteiger partial charge on any atom is -0.389 e. The molecule has 0 aromatic heterocycles. The third-order valence-electron chi connectivity index (χ3n) is 12.0. The van der Waals surface area contributed by atoms with E-state index in [4.69, 9.17) is 9.47 Å². The second-order valence-electron chi connectivity index (χ2n) is 13.0. The lowest BCUT2D eigenvalue weighted by Gasteiger charge is -2.59. The Bertz CT molecular complexity index is 955. The van der Waals surface area contributed by atoms with E-state index in [0.717, 1.165) is 32.1 Å². The number of hydrogen-bond donors (Lipinski definition) is 3. The van der Waals surface area contributed by atoms with Gasteiger partial charge >= 0.3 is 0 Å². The van der Waals surface area contributed by atoms with Gasteiger partial charge in [0, 0.05) is 19.4 Å². The zero-order chi connectivity index (χ0) is 25.6. The van der Waals surface area contributed by atoms with Crippen molar-refractivity contribution in [3.05, 3.63) is 23.8 Å². The smallest absolute Gasteiger partial charge is 0.186 e. The Morgan fingerprint density at radius 3 is 2.49 bits per heavy atom. The molecule has 0 bridgehead atoms. The molecule has 6 nitrogen and oxygen atoms in total. The maximum Gasteiger partial charge on any atom is 0.186 e. The average molecular weight is 489 g/mol. The molecule has 3 fully saturated rings. The fraction of sp³-hybridized carbons (Fsp3) is 0.828. The van der Waals surface area contributed by atoms with Gasteiger partial charge in [0.25, 0.3) is 0 Å². The first-order valence-corrected chi connectivity index (χ1v) is 13.5. The topological polar surface area (TPSA) is 96.2 Å². The summed E-state index contributed by atoms with van der Waals surface area (Å²) in [5.74, 6) is 1.01. The lowest BCUT2D eigenvalue weighted by Crippen LogP contribution is -2.67. The van der Waals surface area contributed by atoms with E-state index in [2.05, 4.69) is 19.9 Å². The van der Waals surface area contributed by atoms with Gasteiger partial charge in [-0.05, 0) is 88.5 Å². The molecule has 0 spiro atoms. The maximum absolute atomic E-state index is 13.1. The van der Waals surface area contributed by atoms with E-state index < -0.39 is 34.6 Å². The first-order valence-electron chi connectivity index (χ1n) is 13.5. The van der Waals surface area contributed by atoms with Crippen LogP contribution in [-0.2, 0) is 14.3 Å². The van der Waals surface area contributed by atoms with Crippen molar-refractivity contribution < 1.29 is 29.6 Å². The third-order valence-corrected chi connectivity index (χ3v) is 12.0. The van der Waals surface area contributed by atoms with Crippen LogP contribution in [0.3, 0.4) is 0 Å². The van der Waals surface area contributed by atoms with Crippen LogP contribution in [0.4, 0.5) is 0 Å². The maximum atomic E-state index is 13.1. The quantitative estimate of drug-likeness (QED) is 0.521. The Balaban J connectivity index is 1.43. The summed E-state index contributed by atoms with van der Waals surface area (Å²) in [6.45, 7) is 9.77. The van der Waals surface area contributed by atoms with Crippen LogP contribution < -0.4 is 0 Å². The third kappa shape index (κ3) is 3.16. The summed E-state index contributed by atoms with van der Waals surface area (Å²) >= 11 is 0. The Morgan fingerprint density at radius 2 is 1.80 bits per heavy atom. The summed E-state index contributed by atoms with van der Waals surface area (Å²) < 4.78 is 11.7. The number of aliphatic hydroxyl groups excluding tert-OH is 1. The Labute approximate surface area is 209 Å². The normalized spacial score (nSPS) is 54.5. The lowest BCUT2D eigenvalue weighted by atomic mass is 9.46. The molecule has 11 unspecified atom stereocenters. The van der Waals surface area contributed by atoms with Crippen molar-refractivity contribution in [1.29, 1.82) is 0 Å². The van der Waals surface area contributed by atoms with Gasteiger partial charge in [0.2, 0.25) is 0 Å². The van der Waals surface area contributed by atoms with Gasteiger partial charge in [0.15, 0.2) is 12.1 Å². The molecular formula is C29H44O6. The van der Waals surface area contributed by atoms with Gasteiger partial charge in [-0.1, -0.05) is 31.6 Å². The summed E-state index contributed by atoms with van der Waals surface area (Å²) in [5.41, 5.74) is -2.94. The van der Waals surface area contributed by atoms with Crippen LogP contribution in [0.1, 0.15) is 79.6 Å². The average Bonchev–Trinajstić information content (AvgIpc) is 3.09. The number of rotatable bonds is 3. The number of hydrogen-bond acceptors (Lipinski definition) is 6. The predicted molar refractivity (Wildman–Crippen MR) is 132 cm³/mol. The van der Waals surface area contributed by atoms with Crippen LogP contribution in [0.15, 0.2) is 23.8 Å². The fourth-order valence-electron chi connectivity index (χ4n) is 9.05. The molecule has 35 heavy (non-hydrogen) atoms. The van der Waals surface area contributed by atoms with Crippen molar-refractivity contribution in [2.24, 2.45) is 34.5 Å². The number of ketones is 1. The van der Waals surface area contributed by atoms with Gasteiger partial charge in [-0.3, -0.25) is 4.79 Å². The molecule has 0 aromatic carbocycles. The standard InChI is InChI=1S/C29H44O6/c1-17(22-16-26(3,34-6)28(5,32)24(31)35-22)29(33)15-13-20-19-11-10-18-8-7-9-23(30)27(18,4)21(19)12-14-25(20,29)2/h7,9-10,17,19-22,24,31-33H,8,11-16H2,1-6H3. The summed E-state index contributed by atoms with van der Waals surface area (Å²) in [7, 11) is 1.55. The molecule has 0 radical (unpaired) electrons. The number of aliphatic hydroxyl groups is 3. The largest absolute Gasteiger partial charge is 0.389 e. The van der Waals surface area contributed by atoms with Crippen molar-refractivity contribution in [1.82, 2.24) is 0 Å². The molecule has 4 aliphatic carbocycles. The first-order chi connectivity index (χ1) is 16.3. The van der Waals surface area contributed by atoms with Crippen LogP contribution in [0.5, 0.6) is 0 Å². The minimum absolute atomic E-state index is 0.241. The number of allylic oxidation sites excluding steroid dienone is 4. The minimum atomic E-state index is -1.55. The van der Waals surface area contributed by atoms with Crippen LogP contribution >= 0.6 is 0 Å². The van der Waals surface area contributed by atoms with E-state index in [9.17, 15) is 20.1 Å². The van der Waals surface area contributed by atoms with Gasteiger partial charge in [0.05, 0.1) is 17.1 Å². The monoisotopic (exact) mass is 488 g/mol. The highest BCUT2D eigenvalue weighted by atomic mass is 16.6. The SMILES string of the molecule is COC1(C)CC(C(C)C2(O)CCC3C4CC=C5CC=CC(=O)C5(C)C4CCC32C)OC(O)C1(C)O. The van der Waals surface area contributed by atoms with Crippen molar-refractivity contribution in [3.8, 4) is 0 Å². The molecule has 5 aliphatic rings. The highest BCUT2D eigenvalue weighted by Gasteiger charge is 2.67. The molecule has 1 saturated heterocycles. The molecule has 196 valence electrons. The van der Waals surface area contributed by atoms with Crippen LogP contribution in [0.25, 0.3) is 0 Å². The number of methoxy groups -OCH3 is 1. The first kappa shape index (κ1) is 25.6. The van der Waals surface area contributed by atoms with Gasteiger partial charge < -0.3 is 24.8 Å². The molecule has 11 atom stereocenters. The molecule has 1 aliphatic heterocycles. The molecule has 6 heteroatoms. The molecule has 0 amide bonds. The zero-order valence-electron chi connectivity index (χ0n) is 22.2. The van der Waals surface area contributed by atoms with E-state index in [1.165, 1.54) is 12.5 Å². The summed E-state index contributed by atoms with van der Waals surface area (Å²) in [6, 6.07) is 0. The van der Waals surface area contributed by atoms with Gasteiger partial charge in [0.1, 0.15) is 11.2 Å². The van der Waals surface area contributed by atoms with Crippen molar-refractivity contribution in [2.45, 2.75) is 109 Å². The number of fused-ring (bicyclic) bond motifs is 5. The Morgan fingerprint density at radius 1 is 1.11 bits per heavy atom. The zero-order valence-corrected chi connectivity index (χ0v) is 22.2. The molecule has 2 saturated carbocycles. The summed E-state index contributed by atoms with van der Waals surface area (Å²) in [5, 5.41) is 34.0. The van der Waals surface area contributed by atoms with Crippen LogP contribution in [-0.4, -0.2) is 57.4 Å². The number of carbonyl (C=O) groups is 1. The summed E-state index contributed by atoms with van der Waals surface area (Å²) in [4.78, 5) is 13.1. The number of carbonyl (C=O) groups excluding carboxylic acids is 1. The van der Waals surface area contributed by atoms with E-state index in [-0.39, 0.29) is 17.1 Å². The van der Waals surface area contributed by atoms with E-state index >= 15 is 0 Å². The van der Waals surface area contributed by atoms with Crippen LogP contribution in [0, 0.1) is 34.5 Å². The van der Waals surface area contributed by atoms with Gasteiger partial charge in [-0.25, -0.2) is 0 Å². The highest BCUT2D eigenvalue weighted by molar-refractivity contribution is 5.98. The lowest BCUT2D eigenvalue weighted by molar-refractivity contribution is -0.338. The second-order valence-corrected chi connectivity index (χ2v) is 13.0. The highest BCUT2D eigenvalue weighted by Crippen LogP contribution is 2.68.